The predicted octanol–water partition coefficient (Wildman–Crippen LogP) is -0.164. The largest absolute Gasteiger partial charge is 0.427 e. The predicted molar refractivity (Wildman–Crippen MR) is 59.1 cm³/mol. The molecule has 0 saturated heterocycles. The smallest absolute Gasteiger partial charge is 0.333 e. The van der Waals surface area contributed by atoms with Crippen molar-refractivity contribution in [3.63, 3.8) is 0 Å². The lowest BCUT2D eigenvalue weighted by molar-refractivity contribution is -0.171. The zero-order valence-electron chi connectivity index (χ0n) is 9.96. The molecule has 104 valence electrons. The molecule has 0 aromatic carbocycles. The summed E-state index contributed by atoms with van der Waals surface area (Å²) in [6.45, 7) is 4.98. The number of hydrogen-bond acceptors (Lipinski definition) is 8. The first-order valence-electron chi connectivity index (χ1n) is 4.89. The van der Waals surface area contributed by atoms with Crippen LogP contribution in [0.1, 0.15) is 6.42 Å². The van der Waals surface area contributed by atoms with E-state index < -0.39 is 43.9 Å². The molecule has 0 aliphatic rings. The molecule has 0 atom stereocenters. The molecule has 0 N–H and O–H groups in total. The quantitative estimate of drug-likeness (QED) is 0.259. The Balaban J connectivity index is 3.72. The first kappa shape index (κ1) is 16.4. The van der Waals surface area contributed by atoms with Gasteiger partial charge in [-0.3, -0.25) is 9.59 Å². The van der Waals surface area contributed by atoms with Gasteiger partial charge in [0.25, 0.3) is 0 Å². The van der Waals surface area contributed by atoms with Gasteiger partial charge in [0.05, 0.1) is 0 Å². The van der Waals surface area contributed by atoms with Crippen LogP contribution in [-0.2, 0) is 38.1 Å². The molecule has 0 radical (unpaired) electrons. The first-order valence-corrected chi connectivity index (χ1v) is 4.89. The Kier molecular flexibility index (Phi) is 8.09. The Morgan fingerprint density at radius 2 is 1.11 bits per heavy atom. The van der Waals surface area contributed by atoms with Gasteiger partial charge in [0.2, 0.25) is 13.6 Å². The third-order valence-corrected chi connectivity index (χ3v) is 1.46. The fourth-order valence-electron chi connectivity index (χ4n) is 0.644. The van der Waals surface area contributed by atoms with Gasteiger partial charge in [0, 0.05) is 12.2 Å². The minimum atomic E-state index is -0.961. The van der Waals surface area contributed by atoms with Crippen LogP contribution >= 0.6 is 0 Å². The van der Waals surface area contributed by atoms with Crippen molar-refractivity contribution in [2.75, 3.05) is 13.6 Å². The molecule has 0 unspecified atom stereocenters. The van der Waals surface area contributed by atoms with Crippen LogP contribution in [0.25, 0.3) is 0 Å². The second kappa shape index (κ2) is 9.40. The highest BCUT2D eigenvalue weighted by Crippen LogP contribution is 1.93. The lowest BCUT2D eigenvalue weighted by Crippen LogP contribution is -2.18. The van der Waals surface area contributed by atoms with Crippen LogP contribution in [0.4, 0.5) is 0 Å². The van der Waals surface area contributed by atoms with Gasteiger partial charge in [-0.1, -0.05) is 13.2 Å². The van der Waals surface area contributed by atoms with E-state index >= 15 is 0 Å². The van der Waals surface area contributed by atoms with Crippen LogP contribution in [0.3, 0.4) is 0 Å². The molecule has 0 rings (SSSR count). The summed E-state index contributed by atoms with van der Waals surface area (Å²) in [7, 11) is 0. The van der Waals surface area contributed by atoms with E-state index in [4.69, 9.17) is 0 Å². The number of hydrogen-bond donors (Lipinski definition) is 0. The fraction of sp³-hybridized carbons (Fsp3) is 0.273. The van der Waals surface area contributed by atoms with Crippen molar-refractivity contribution in [1.29, 1.82) is 0 Å². The van der Waals surface area contributed by atoms with E-state index in [9.17, 15) is 19.2 Å². The molecule has 0 aromatic heterocycles. The molecule has 8 heteroatoms. The highest BCUT2D eigenvalue weighted by molar-refractivity contribution is 5.91. The molecule has 0 spiro atoms. The Morgan fingerprint density at radius 3 is 1.42 bits per heavy atom. The molecular formula is C11H12O8. The summed E-state index contributed by atoms with van der Waals surface area (Å²) in [5.74, 6) is -3.47. The van der Waals surface area contributed by atoms with E-state index in [1.165, 1.54) is 0 Å². The van der Waals surface area contributed by atoms with Gasteiger partial charge in [0.1, 0.15) is 6.42 Å². The normalized spacial score (nSPS) is 8.84. The molecular weight excluding hydrogens is 260 g/mol. The van der Waals surface area contributed by atoms with Gasteiger partial charge in [-0.2, -0.15) is 0 Å². The van der Waals surface area contributed by atoms with Crippen LogP contribution in [0.2, 0.25) is 0 Å². The van der Waals surface area contributed by atoms with Gasteiger partial charge < -0.3 is 18.9 Å². The van der Waals surface area contributed by atoms with Crippen molar-refractivity contribution in [3.8, 4) is 0 Å². The maximum absolute atomic E-state index is 11.0. The summed E-state index contributed by atoms with van der Waals surface area (Å²) in [6.07, 6.45) is 1.06. The van der Waals surface area contributed by atoms with Crippen LogP contribution in [0.5, 0.6) is 0 Å². The molecule has 0 fully saturated rings. The third kappa shape index (κ3) is 9.10. The molecule has 0 amide bonds. The summed E-state index contributed by atoms with van der Waals surface area (Å²) < 4.78 is 17.4. The summed E-state index contributed by atoms with van der Waals surface area (Å²) >= 11 is 0. The number of carbonyl (C=O) groups excluding carboxylic acids is 4. The SMILES string of the molecule is C=CC(=O)OCOC(=O)CC(=O)OCOC(=O)C=C. The van der Waals surface area contributed by atoms with Gasteiger partial charge in [-0.15, -0.1) is 0 Å². The molecule has 0 saturated carbocycles. The first-order chi connectivity index (χ1) is 8.99. The minimum absolute atomic E-state index is 0.636. The van der Waals surface area contributed by atoms with Crippen molar-refractivity contribution >= 4 is 23.9 Å². The second-order valence-corrected chi connectivity index (χ2v) is 2.78. The lowest BCUT2D eigenvalue weighted by atomic mass is 10.4. The van der Waals surface area contributed by atoms with Gasteiger partial charge in [0.15, 0.2) is 0 Å². The average molecular weight is 272 g/mol. The Hall–Kier alpha value is -2.64. The molecule has 0 bridgehead atoms. The molecule has 8 nitrogen and oxygen atoms in total. The average Bonchev–Trinajstić information content (AvgIpc) is 2.37. The van der Waals surface area contributed by atoms with E-state index in [1.807, 2.05) is 0 Å². The van der Waals surface area contributed by atoms with E-state index in [0.717, 1.165) is 12.2 Å². The minimum Gasteiger partial charge on any atom is -0.427 e. The summed E-state index contributed by atoms with van der Waals surface area (Å²) in [6, 6.07) is 0. The monoisotopic (exact) mass is 272 g/mol. The Morgan fingerprint density at radius 1 is 0.737 bits per heavy atom. The third-order valence-electron chi connectivity index (χ3n) is 1.46. The summed E-state index contributed by atoms with van der Waals surface area (Å²) in [5, 5.41) is 0. The van der Waals surface area contributed by atoms with Crippen LogP contribution in [0, 0.1) is 0 Å². The second-order valence-electron chi connectivity index (χ2n) is 2.78. The number of rotatable bonds is 8. The highest BCUT2D eigenvalue weighted by Gasteiger charge is 2.13. The number of ether oxygens (including phenoxy) is 4. The van der Waals surface area contributed by atoms with Crippen LogP contribution in [-0.4, -0.2) is 37.5 Å². The summed E-state index contributed by atoms with van der Waals surface area (Å²) in [4.78, 5) is 43.2. The Labute approximate surface area is 108 Å². The van der Waals surface area contributed by atoms with Gasteiger partial charge in [-0.25, -0.2) is 9.59 Å². The van der Waals surface area contributed by atoms with Crippen molar-refractivity contribution in [2.45, 2.75) is 6.42 Å². The van der Waals surface area contributed by atoms with Crippen LogP contribution < -0.4 is 0 Å². The Bertz CT molecular complexity index is 348. The summed E-state index contributed by atoms with van der Waals surface area (Å²) in [5.41, 5.74) is 0. The number of esters is 4. The van der Waals surface area contributed by atoms with Crippen molar-refractivity contribution in [2.24, 2.45) is 0 Å². The maximum atomic E-state index is 11.0. The van der Waals surface area contributed by atoms with Crippen molar-refractivity contribution in [3.05, 3.63) is 25.3 Å². The fourth-order valence-corrected chi connectivity index (χ4v) is 0.644. The lowest BCUT2D eigenvalue weighted by Gasteiger charge is -2.05. The van der Waals surface area contributed by atoms with Crippen molar-refractivity contribution < 1.29 is 38.1 Å². The van der Waals surface area contributed by atoms with Crippen LogP contribution in [0.15, 0.2) is 25.3 Å². The number of carbonyl (C=O) groups is 4. The molecule has 0 aliphatic heterocycles. The standard InChI is InChI=1S/C11H12O8/c1-3-8(12)16-6-18-10(14)5-11(15)19-7-17-9(13)4-2/h3-4H,1-2,5-7H2. The highest BCUT2D eigenvalue weighted by atomic mass is 16.7. The molecule has 19 heavy (non-hydrogen) atoms. The zero-order chi connectivity index (χ0) is 14.7. The van der Waals surface area contributed by atoms with Crippen molar-refractivity contribution in [1.82, 2.24) is 0 Å². The van der Waals surface area contributed by atoms with E-state index in [1.54, 1.807) is 0 Å². The van der Waals surface area contributed by atoms with Gasteiger partial charge >= 0.3 is 23.9 Å². The molecule has 0 aliphatic carbocycles. The topological polar surface area (TPSA) is 105 Å². The van der Waals surface area contributed by atoms with E-state index in [-0.39, 0.29) is 0 Å². The van der Waals surface area contributed by atoms with E-state index in [2.05, 4.69) is 32.1 Å². The van der Waals surface area contributed by atoms with Gasteiger partial charge in [-0.05, 0) is 0 Å². The molecule has 0 heterocycles. The zero-order valence-corrected chi connectivity index (χ0v) is 9.96. The van der Waals surface area contributed by atoms with E-state index in [0.29, 0.717) is 0 Å². The molecule has 0 aromatic rings. The maximum Gasteiger partial charge on any atom is 0.333 e.